The average molecular weight is 602 g/mol. The number of thiophene rings is 1. The van der Waals surface area contributed by atoms with Crippen molar-refractivity contribution in [3.8, 4) is 11.4 Å². The lowest BCUT2D eigenvalue weighted by Crippen LogP contribution is -2.24. The van der Waals surface area contributed by atoms with Crippen LogP contribution >= 0.6 is 39.0 Å². The number of thioether (sulfide) groups is 1. The minimum absolute atomic E-state index is 0.0294. The number of rotatable bonds is 8. The number of ether oxygens (including phenoxy) is 1. The first-order valence-electron chi connectivity index (χ1n) is 11.6. The molecule has 0 aliphatic heterocycles. The van der Waals surface area contributed by atoms with Crippen molar-refractivity contribution in [1.29, 1.82) is 0 Å². The van der Waals surface area contributed by atoms with E-state index in [-0.39, 0.29) is 16.9 Å². The Morgan fingerprint density at radius 2 is 2.11 bits per heavy atom. The summed E-state index contributed by atoms with van der Waals surface area (Å²) >= 11 is 5.98. The predicted octanol–water partition coefficient (Wildman–Crippen LogP) is 5.48. The van der Waals surface area contributed by atoms with E-state index in [0.717, 1.165) is 36.6 Å². The molecule has 0 fully saturated rings. The summed E-state index contributed by atoms with van der Waals surface area (Å²) in [6, 6.07) is 11.7. The van der Waals surface area contributed by atoms with Gasteiger partial charge in [-0.25, -0.2) is 14.8 Å². The molecule has 0 atom stereocenters. The highest BCUT2D eigenvalue weighted by atomic mass is 79.9. The van der Waals surface area contributed by atoms with Crippen LogP contribution in [0.25, 0.3) is 15.9 Å². The maximum atomic E-state index is 13.9. The number of halogens is 2. The minimum atomic E-state index is -0.449. The van der Waals surface area contributed by atoms with Gasteiger partial charge in [-0.2, -0.15) is 5.10 Å². The molecule has 7 nitrogen and oxygen atoms in total. The number of benzene rings is 2. The summed E-state index contributed by atoms with van der Waals surface area (Å²) in [6.45, 7) is 2.45. The lowest BCUT2D eigenvalue weighted by molar-refractivity contribution is -0.118. The van der Waals surface area contributed by atoms with Crippen LogP contribution in [0.4, 0.5) is 4.39 Å². The van der Waals surface area contributed by atoms with Gasteiger partial charge < -0.3 is 4.74 Å². The number of hydrogen-bond donors (Lipinski definition) is 1. The van der Waals surface area contributed by atoms with E-state index in [1.165, 1.54) is 17.2 Å². The summed E-state index contributed by atoms with van der Waals surface area (Å²) in [7, 11) is 0. The Morgan fingerprint density at radius 3 is 2.89 bits per heavy atom. The van der Waals surface area contributed by atoms with E-state index in [2.05, 4.69) is 26.5 Å². The highest BCUT2D eigenvalue weighted by Gasteiger charge is 2.24. The fraction of sp³-hybridized carbons (Fsp3) is 0.231. The molecule has 2 aromatic heterocycles. The second-order valence-corrected chi connectivity index (χ2v) is 11.2. The van der Waals surface area contributed by atoms with Gasteiger partial charge in [0, 0.05) is 14.9 Å². The van der Waals surface area contributed by atoms with Crippen LogP contribution in [0.1, 0.15) is 29.3 Å². The number of hydrazone groups is 1. The molecule has 2 aromatic carbocycles. The summed E-state index contributed by atoms with van der Waals surface area (Å²) in [4.78, 5) is 33.0. The third-order valence-corrected chi connectivity index (χ3v) is 8.41. The van der Waals surface area contributed by atoms with Crippen LogP contribution in [0.2, 0.25) is 0 Å². The fourth-order valence-corrected chi connectivity index (χ4v) is 6.64. The molecule has 1 aliphatic rings. The molecule has 1 amide bonds. The van der Waals surface area contributed by atoms with Crippen LogP contribution in [-0.4, -0.2) is 34.0 Å². The maximum Gasteiger partial charge on any atom is 0.267 e. The van der Waals surface area contributed by atoms with E-state index in [9.17, 15) is 14.0 Å². The average Bonchev–Trinajstić information content (AvgIpc) is 3.47. The van der Waals surface area contributed by atoms with Crippen molar-refractivity contribution in [3.05, 3.63) is 79.1 Å². The zero-order valence-corrected chi connectivity index (χ0v) is 23.0. The quantitative estimate of drug-likeness (QED) is 0.125. The lowest BCUT2D eigenvalue weighted by atomic mass is 10.2. The Morgan fingerprint density at radius 1 is 1.30 bits per heavy atom. The first-order valence-corrected chi connectivity index (χ1v) is 14.2. The van der Waals surface area contributed by atoms with E-state index >= 15 is 0 Å². The second kappa shape index (κ2) is 11.2. The number of fused-ring (bicyclic) bond motifs is 3. The van der Waals surface area contributed by atoms with Crippen LogP contribution in [0.15, 0.2) is 62.0 Å². The summed E-state index contributed by atoms with van der Waals surface area (Å²) in [5.74, 6) is -0.176. The summed E-state index contributed by atoms with van der Waals surface area (Å²) in [6.07, 6.45) is 4.12. The molecule has 0 bridgehead atoms. The van der Waals surface area contributed by atoms with Gasteiger partial charge in [-0.1, -0.05) is 27.7 Å². The number of aromatic nitrogens is 2. The van der Waals surface area contributed by atoms with Crippen molar-refractivity contribution in [2.75, 3.05) is 12.4 Å². The molecule has 37 heavy (non-hydrogen) atoms. The largest absolute Gasteiger partial charge is 0.494 e. The second-order valence-electron chi connectivity index (χ2n) is 8.25. The van der Waals surface area contributed by atoms with Crippen LogP contribution < -0.4 is 15.7 Å². The third-order valence-electron chi connectivity index (χ3n) is 5.80. The maximum absolute atomic E-state index is 13.9. The number of amides is 1. The summed E-state index contributed by atoms with van der Waals surface area (Å²) in [5, 5.41) is 4.95. The molecule has 5 rings (SSSR count). The number of nitrogens with one attached hydrogen (secondary N) is 1. The number of aryl methyl sites for hydroxylation is 2. The molecule has 0 saturated carbocycles. The van der Waals surface area contributed by atoms with E-state index in [1.54, 1.807) is 28.0 Å². The molecule has 0 saturated heterocycles. The monoisotopic (exact) mass is 600 g/mol. The Bertz CT molecular complexity index is 1570. The molecule has 0 unspecified atom stereocenters. The van der Waals surface area contributed by atoms with Crippen LogP contribution in [-0.2, 0) is 17.6 Å². The Labute approximate surface area is 228 Å². The Kier molecular flexibility index (Phi) is 7.73. The zero-order chi connectivity index (χ0) is 25.9. The molecule has 4 aromatic rings. The van der Waals surface area contributed by atoms with Gasteiger partial charge in [0.2, 0.25) is 0 Å². The van der Waals surface area contributed by atoms with Gasteiger partial charge >= 0.3 is 0 Å². The SMILES string of the molecule is CCOc1ccc(-n2c(SCC(=O)NN=Cc3cc(Br)ccc3F)nc3sc4c(c3c2=O)CCC4)cc1. The van der Waals surface area contributed by atoms with Crippen LogP contribution in [0.3, 0.4) is 0 Å². The molecular weight excluding hydrogens is 579 g/mol. The van der Waals surface area contributed by atoms with Crippen LogP contribution in [0.5, 0.6) is 5.75 Å². The summed E-state index contributed by atoms with van der Waals surface area (Å²) in [5.41, 5.74) is 4.25. The zero-order valence-electron chi connectivity index (χ0n) is 19.8. The lowest BCUT2D eigenvalue weighted by Gasteiger charge is -2.13. The molecular formula is C26H22BrFN4O3S2. The third kappa shape index (κ3) is 5.48. The van der Waals surface area contributed by atoms with Crippen LogP contribution in [0, 0.1) is 5.82 Å². The first-order chi connectivity index (χ1) is 17.9. The van der Waals surface area contributed by atoms with Crippen molar-refractivity contribution in [2.45, 2.75) is 31.3 Å². The molecule has 11 heteroatoms. The van der Waals surface area contributed by atoms with E-state index in [1.807, 2.05) is 31.2 Å². The topological polar surface area (TPSA) is 85.6 Å². The molecule has 2 heterocycles. The van der Waals surface area contributed by atoms with Gasteiger partial charge in [0.05, 0.1) is 29.6 Å². The fourth-order valence-electron chi connectivity index (χ4n) is 4.16. The first kappa shape index (κ1) is 25.6. The predicted molar refractivity (Wildman–Crippen MR) is 149 cm³/mol. The van der Waals surface area contributed by atoms with Crippen molar-refractivity contribution < 1.29 is 13.9 Å². The normalized spacial score (nSPS) is 12.8. The van der Waals surface area contributed by atoms with Crippen molar-refractivity contribution in [2.24, 2.45) is 5.10 Å². The van der Waals surface area contributed by atoms with Crippen molar-refractivity contribution in [1.82, 2.24) is 15.0 Å². The summed E-state index contributed by atoms with van der Waals surface area (Å²) < 4.78 is 21.7. The molecule has 0 radical (unpaired) electrons. The number of carbonyl (C=O) groups is 1. The van der Waals surface area contributed by atoms with Gasteiger partial charge in [0.1, 0.15) is 16.4 Å². The Hall–Kier alpha value is -3.02. The molecule has 190 valence electrons. The van der Waals surface area contributed by atoms with E-state index in [4.69, 9.17) is 9.72 Å². The van der Waals surface area contributed by atoms with Gasteiger partial charge in [-0.3, -0.25) is 14.2 Å². The van der Waals surface area contributed by atoms with Crippen molar-refractivity contribution >= 4 is 61.4 Å². The molecule has 1 aliphatic carbocycles. The van der Waals surface area contributed by atoms with Gasteiger partial charge in [0.25, 0.3) is 11.5 Å². The standard InChI is InChI=1S/C26H22BrFN4O3S2/c1-2-35-18-9-7-17(8-10-18)32-25(34)23-19-4-3-5-21(19)37-24(23)30-26(32)36-14-22(33)31-29-13-15-12-16(27)6-11-20(15)28/h6-13H,2-5,14H2,1H3,(H,31,33). The minimum Gasteiger partial charge on any atom is -0.494 e. The van der Waals surface area contributed by atoms with E-state index < -0.39 is 11.7 Å². The smallest absolute Gasteiger partial charge is 0.267 e. The number of nitrogens with zero attached hydrogens (tertiary/aromatic N) is 3. The van der Waals surface area contributed by atoms with Gasteiger partial charge in [-0.05, 0) is 74.2 Å². The van der Waals surface area contributed by atoms with E-state index in [0.29, 0.717) is 37.9 Å². The number of hydrogen-bond acceptors (Lipinski definition) is 7. The van der Waals surface area contributed by atoms with Gasteiger partial charge in [0.15, 0.2) is 5.16 Å². The van der Waals surface area contributed by atoms with Crippen molar-refractivity contribution in [3.63, 3.8) is 0 Å². The molecule has 0 spiro atoms. The Balaban J connectivity index is 1.41. The highest BCUT2D eigenvalue weighted by molar-refractivity contribution is 9.10. The highest BCUT2D eigenvalue weighted by Crippen LogP contribution is 2.36. The van der Waals surface area contributed by atoms with Gasteiger partial charge in [-0.15, -0.1) is 11.3 Å². The number of carbonyl (C=O) groups excluding carboxylic acids is 1. The molecule has 1 N–H and O–H groups in total.